The van der Waals surface area contributed by atoms with E-state index in [1.807, 2.05) is 0 Å². The summed E-state index contributed by atoms with van der Waals surface area (Å²) in [5, 5.41) is 6.84. The van der Waals surface area contributed by atoms with E-state index in [0.29, 0.717) is 0 Å². The van der Waals surface area contributed by atoms with Gasteiger partial charge in [-0.3, -0.25) is 0 Å². The number of thiazole rings is 1. The third kappa shape index (κ3) is 4.72. The normalized spacial score (nSPS) is 17.7. The maximum atomic E-state index is 5.25. The lowest BCUT2D eigenvalue weighted by Gasteiger charge is -2.31. The first kappa shape index (κ1) is 15.7. The van der Waals surface area contributed by atoms with Crippen molar-refractivity contribution in [3.8, 4) is 0 Å². The average molecular weight is 297 g/mol. The second-order valence-electron chi connectivity index (χ2n) is 6.61. The molecular formula is C15H27N3OS. The van der Waals surface area contributed by atoms with E-state index in [2.05, 4.69) is 36.4 Å². The van der Waals surface area contributed by atoms with Crippen molar-refractivity contribution in [2.45, 2.75) is 45.7 Å². The minimum absolute atomic E-state index is 0.141. The molecule has 1 saturated heterocycles. The van der Waals surface area contributed by atoms with Gasteiger partial charge in [0.1, 0.15) is 0 Å². The van der Waals surface area contributed by atoms with Gasteiger partial charge in [0.15, 0.2) is 5.13 Å². The summed E-state index contributed by atoms with van der Waals surface area (Å²) in [6, 6.07) is 0. The Morgan fingerprint density at radius 3 is 2.70 bits per heavy atom. The first-order chi connectivity index (χ1) is 9.48. The molecule has 2 rings (SSSR count). The molecule has 0 radical (unpaired) electrons. The van der Waals surface area contributed by atoms with Crippen molar-refractivity contribution in [2.75, 3.05) is 31.7 Å². The number of rotatable bonds is 5. The third-order valence-electron chi connectivity index (χ3n) is 3.63. The Hall–Kier alpha value is -0.650. The van der Waals surface area contributed by atoms with Crippen molar-refractivity contribution < 1.29 is 4.74 Å². The summed E-state index contributed by atoms with van der Waals surface area (Å²) in [6.07, 6.45) is 2.42. The van der Waals surface area contributed by atoms with Gasteiger partial charge in [0, 0.05) is 44.3 Å². The summed E-state index contributed by atoms with van der Waals surface area (Å²) >= 11 is 1.76. The van der Waals surface area contributed by atoms with Gasteiger partial charge in [-0.25, -0.2) is 4.98 Å². The highest BCUT2D eigenvalue weighted by Crippen LogP contribution is 2.26. The smallest absolute Gasteiger partial charge is 0.185 e. The van der Waals surface area contributed by atoms with E-state index in [-0.39, 0.29) is 5.54 Å². The molecule has 0 aromatic carbocycles. The van der Waals surface area contributed by atoms with Gasteiger partial charge < -0.3 is 15.0 Å². The van der Waals surface area contributed by atoms with Gasteiger partial charge in [-0.05, 0) is 39.5 Å². The summed E-state index contributed by atoms with van der Waals surface area (Å²) in [7, 11) is 1.79. The highest BCUT2D eigenvalue weighted by atomic mass is 32.1. The van der Waals surface area contributed by atoms with Gasteiger partial charge in [-0.1, -0.05) is 0 Å². The van der Waals surface area contributed by atoms with Crippen LogP contribution in [-0.4, -0.2) is 37.3 Å². The van der Waals surface area contributed by atoms with Crippen molar-refractivity contribution in [1.82, 2.24) is 10.3 Å². The fraction of sp³-hybridized carbons (Fsp3) is 0.800. The zero-order chi connectivity index (χ0) is 14.6. The van der Waals surface area contributed by atoms with Crippen LogP contribution in [0.4, 0.5) is 5.13 Å². The fourth-order valence-electron chi connectivity index (χ4n) is 2.41. The largest absolute Gasteiger partial charge is 0.384 e. The van der Waals surface area contributed by atoms with Crippen LogP contribution in [0, 0.1) is 5.92 Å². The second kappa shape index (κ2) is 6.87. The molecule has 0 spiro atoms. The van der Waals surface area contributed by atoms with Gasteiger partial charge in [-0.2, -0.15) is 0 Å². The van der Waals surface area contributed by atoms with E-state index < -0.39 is 0 Å². The highest BCUT2D eigenvalue weighted by Gasteiger charge is 2.21. The lowest BCUT2D eigenvalue weighted by atomic mass is 9.98. The Kier molecular flexibility index (Phi) is 5.41. The van der Waals surface area contributed by atoms with E-state index in [9.17, 15) is 0 Å². The summed E-state index contributed by atoms with van der Waals surface area (Å²) in [6.45, 7) is 10.5. The topological polar surface area (TPSA) is 37.4 Å². The van der Waals surface area contributed by atoms with Crippen molar-refractivity contribution >= 4 is 16.5 Å². The Bertz CT molecular complexity index is 405. The zero-order valence-electron chi connectivity index (χ0n) is 13.1. The minimum atomic E-state index is 0.141. The van der Waals surface area contributed by atoms with Crippen LogP contribution in [0.2, 0.25) is 0 Å². The standard InChI is InChI=1S/C15H27N3OS/c1-15(2,3)16-9-13-11-20-14(17-13)18-7-5-12(6-8-18)10-19-4/h11-12,16H,5-10H2,1-4H3. The van der Waals surface area contributed by atoms with Crippen molar-refractivity contribution in [3.63, 3.8) is 0 Å². The average Bonchev–Trinajstić information content (AvgIpc) is 2.86. The van der Waals surface area contributed by atoms with Crippen LogP contribution in [0.1, 0.15) is 39.3 Å². The van der Waals surface area contributed by atoms with Gasteiger partial charge >= 0.3 is 0 Å². The Labute approximate surface area is 126 Å². The quantitative estimate of drug-likeness (QED) is 0.907. The molecule has 20 heavy (non-hydrogen) atoms. The van der Waals surface area contributed by atoms with Gasteiger partial charge in [0.2, 0.25) is 0 Å². The Morgan fingerprint density at radius 2 is 2.10 bits per heavy atom. The second-order valence-corrected chi connectivity index (χ2v) is 7.45. The molecule has 0 saturated carbocycles. The van der Waals surface area contributed by atoms with Gasteiger partial charge in [-0.15, -0.1) is 11.3 Å². The molecule has 5 heteroatoms. The van der Waals surface area contributed by atoms with Crippen molar-refractivity contribution in [2.24, 2.45) is 5.92 Å². The number of aromatic nitrogens is 1. The van der Waals surface area contributed by atoms with E-state index in [4.69, 9.17) is 9.72 Å². The van der Waals surface area contributed by atoms with Crippen molar-refractivity contribution in [1.29, 1.82) is 0 Å². The first-order valence-electron chi connectivity index (χ1n) is 7.41. The van der Waals surface area contributed by atoms with E-state index in [1.54, 1.807) is 18.4 Å². The lowest BCUT2D eigenvalue weighted by molar-refractivity contribution is 0.139. The number of hydrogen-bond acceptors (Lipinski definition) is 5. The predicted octanol–water partition coefficient (Wildman–Crippen LogP) is 2.89. The molecule has 0 atom stereocenters. The molecule has 4 nitrogen and oxygen atoms in total. The lowest BCUT2D eigenvalue weighted by Crippen LogP contribution is -2.36. The molecule has 0 aliphatic carbocycles. The van der Waals surface area contributed by atoms with E-state index in [0.717, 1.165) is 37.9 Å². The summed E-state index contributed by atoms with van der Waals surface area (Å²) in [4.78, 5) is 7.17. The molecule has 1 aliphatic heterocycles. The van der Waals surface area contributed by atoms with Crippen molar-refractivity contribution in [3.05, 3.63) is 11.1 Å². The Morgan fingerprint density at radius 1 is 1.40 bits per heavy atom. The molecule has 1 N–H and O–H groups in total. The maximum Gasteiger partial charge on any atom is 0.185 e. The Balaban J connectivity index is 1.84. The van der Waals surface area contributed by atoms with Crippen LogP contribution in [-0.2, 0) is 11.3 Å². The minimum Gasteiger partial charge on any atom is -0.384 e. The molecule has 1 aromatic rings. The number of nitrogens with zero attached hydrogens (tertiary/aromatic N) is 2. The molecule has 0 unspecified atom stereocenters. The maximum absolute atomic E-state index is 5.25. The molecule has 1 aliphatic rings. The molecule has 0 amide bonds. The zero-order valence-corrected chi connectivity index (χ0v) is 13.9. The number of hydrogen-bond donors (Lipinski definition) is 1. The summed E-state index contributed by atoms with van der Waals surface area (Å²) < 4.78 is 5.25. The van der Waals surface area contributed by atoms with Crippen LogP contribution in [0.3, 0.4) is 0 Å². The number of nitrogens with one attached hydrogen (secondary N) is 1. The van der Waals surface area contributed by atoms with E-state index >= 15 is 0 Å². The molecule has 1 aromatic heterocycles. The predicted molar refractivity (Wildman–Crippen MR) is 85.5 cm³/mol. The molecule has 2 heterocycles. The monoisotopic (exact) mass is 297 g/mol. The van der Waals surface area contributed by atoms with Crippen LogP contribution in [0.25, 0.3) is 0 Å². The summed E-state index contributed by atoms with van der Waals surface area (Å²) in [5.74, 6) is 0.721. The van der Waals surface area contributed by atoms with Crippen LogP contribution < -0.4 is 10.2 Å². The molecule has 0 bridgehead atoms. The van der Waals surface area contributed by atoms with Gasteiger partial charge in [0.25, 0.3) is 0 Å². The van der Waals surface area contributed by atoms with Crippen LogP contribution >= 0.6 is 11.3 Å². The number of methoxy groups -OCH3 is 1. The fourth-order valence-corrected chi connectivity index (χ4v) is 3.28. The highest BCUT2D eigenvalue weighted by molar-refractivity contribution is 7.13. The molecule has 1 fully saturated rings. The number of ether oxygens (including phenoxy) is 1. The summed E-state index contributed by atoms with van der Waals surface area (Å²) in [5.41, 5.74) is 1.29. The first-order valence-corrected chi connectivity index (χ1v) is 8.29. The molecular weight excluding hydrogens is 270 g/mol. The van der Waals surface area contributed by atoms with Crippen LogP contribution in [0.15, 0.2) is 5.38 Å². The number of anilines is 1. The number of piperidine rings is 1. The molecule has 114 valence electrons. The van der Waals surface area contributed by atoms with Gasteiger partial charge in [0.05, 0.1) is 5.69 Å². The third-order valence-corrected chi connectivity index (χ3v) is 4.58. The van der Waals surface area contributed by atoms with E-state index in [1.165, 1.54) is 18.0 Å². The SMILES string of the molecule is COCC1CCN(c2nc(CNC(C)(C)C)cs2)CC1. The van der Waals surface area contributed by atoms with Crippen LogP contribution in [0.5, 0.6) is 0 Å².